The van der Waals surface area contributed by atoms with Crippen molar-refractivity contribution in [3.63, 3.8) is 0 Å². The van der Waals surface area contributed by atoms with E-state index in [1.165, 1.54) is 72.6 Å². The average Bonchev–Trinajstić information content (AvgIpc) is 3.65. The zero-order valence-electron chi connectivity index (χ0n) is 26.6. The number of rotatable bonds is 6. The number of para-hydroxylation sites is 4. The molecule has 0 bridgehead atoms. The molecular weight excluding hydrogens is 569 g/mol. The van der Waals surface area contributed by atoms with Gasteiger partial charge < -0.3 is 9.47 Å². The van der Waals surface area contributed by atoms with Crippen LogP contribution in [0, 0.1) is 0 Å². The number of hydrogen-bond donors (Lipinski definition) is 0. The lowest BCUT2D eigenvalue weighted by molar-refractivity contribution is 0.726. The molecule has 2 aliphatic rings. The lowest BCUT2D eigenvalue weighted by Crippen LogP contribution is -2.31. The summed E-state index contributed by atoms with van der Waals surface area (Å²) in [7, 11) is 0. The van der Waals surface area contributed by atoms with Crippen LogP contribution in [-0.4, -0.2) is 10.6 Å². The van der Waals surface area contributed by atoms with Gasteiger partial charge in [0, 0.05) is 33.8 Å². The summed E-state index contributed by atoms with van der Waals surface area (Å²) in [4.78, 5) is 2.58. The molecule has 2 unspecified atom stereocenters. The van der Waals surface area contributed by atoms with Crippen molar-refractivity contribution in [3.05, 3.63) is 180 Å². The average molecular weight is 605 g/mol. The molecule has 7 aromatic rings. The van der Waals surface area contributed by atoms with Gasteiger partial charge in [-0.15, -0.1) is 0 Å². The van der Waals surface area contributed by atoms with Crippen LogP contribution in [0.25, 0.3) is 44.9 Å². The minimum atomic E-state index is 0.157. The fourth-order valence-electron chi connectivity index (χ4n) is 8.14. The van der Waals surface area contributed by atoms with Crippen molar-refractivity contribution in [3.8, 4) is 27.9 Å². The van der Waals surface area contributed by atoms with Crippen molar-refractivity contribution in [2.75, 3.05) is 4.90 Å². The largest absolute Gasteiger partial charge is 0.333 e. The zero-order valence-corrected chi connectivity index (χ0v) is 26.6. The normalized spacial score (nSPS) is 16.2. The first-order valence-corrected chi connectivity index (χ1v) is 16.8. The Morgan fingerprint density at radius 3 is 2.06 bits per heavy atom. The highest BCUT2D eigenvalue weighted by Gasteiger charge is 2.43. The Hall–Kier alpha value is -5.60. The van der Waals surface area contributed by atoms with E-state index < -0.39 is 0 Å². The van der Waals surface area contributed by atoms with Crippen LogP contribution in [-0.2, 0) is 6.42 Å². The molecule has 2 heterocycles. The summed E-state index contributed by atoms with van der Waals surface area (Å²) >= 11 is 0. The smallest absolute Gasteiger partial charge is 0.0637 e. The second kappa shape index (κ2) is 11.3. The van der Waals surface area contributed by atoms with Crippen LogP contribution in [0.3, 0.4) is 0 Å². The third-order valence-electron chi connectivity index (χ3n) is 10.1. The molecule has 1 aliphatic carbocycles. The molecule has 6 aromatic carbocycles. The number of hydrogen-bond acceptors (Lipinski definition) is 1. The molecule has 2 nitrogen and oxygen atoms in total. The molecule has 0 saturated carbocycles. The van der Waals surface area contributed by atoms with Crippen molar-refractivity contribution in [1.82, 2.24) is 4.57 Å². The van der Waals surface area contributed by atoms with Gasteiger partial charge in [0.2, 0.25) is 0 Å². The Morgan fingerprint density at radius 1 is 0.574 bits per heavy atom. The highest BCUT2D eigenvalue weighted by molar-refractivity contribution is 5.96. The number of anilines is 2. The maximum atomic E-state index is 2.58. The van der Waals surface area contributed by atoms with Gasteiger partial charge in [0.25, 0.3) is 0 Å². The lowest BCUT2D eigenvalue weighted by atomic mass is 9.82. The van der Waals surface area contributed by atoms with Gasteiger partial charge in [-0.05, 0) is 64.6 Å². The van der Waals surface area contributed by atoms with Crippen LogP contribution in [0.1, 0.15) is 41.6 Å². The van der Waals surface area contributed by atoms with E-state index in [1.807, 2.05) is 0 Å². The molecular formula is C45H36N2. The summed E-state index contributed by atoms with van der Waals surface area (Å²) in [6, 6.07) is 55.9. The first-order chi connectivity index (χ1) is 23.3. The second-order valence-corrected chi connectivity index (χ2v) is 12.8. The maximum Gasteiger partial charge on any atom is 0.0637 e. The third kappa shape index (κ3) is 4.40. The predicted molar refractivity (Wildman–Crippen MR) is 198 cm³/mol. The van der Waals surface area contributed by atoms with Gasteiger partial charge in [0.15, 0.2) is 0 Å². The van der Waals surface area contributed by atoms with Gasteiger partial charge in [-0.1, -0.05) is 147 Å². The molecule has 0 amide bonds. The predicted octanol–water partition coefficient (Wildman–Crippen LogP) is 11.6. The van der Waals surface area contributed by atoms with Crippen molar-refractivity contribution < 1.29 is 0 Å². The molecule has 0 N–H and O–H groups in total. The highest BCUT2D eigenvalue weighted by Crippen LogP contribution is 2.55. The molecule has 0 saturated heterocycles. The minimum absolute atomic E-state index is 0.157. The molecule has 2 heteroatoms. The molecule has 0 radical (unpaired) electrons. The van der Waals surface area contributed by atoms with E-state index in [9.17, 15) is 0 Å². The minimum Gasteiger partial charge on any atom is -0.333 e. The van der Waals surface area contributed by atoms with Crippen LogP contribution in [0.2, 0.25) is 0 Å². The third-order valence-corrected chi connectivity index (χ3v) is 10.1. The van der Waals surface area contributed by atoms with E-state index in [2.05, 4.69) is 180 Å². The summed E-state index contributed by atoms with van der Waals surface area (Å²) in [5.74, 6) is 0.196. The molecule has 0 spiro atoms. The van der Waals surface area contributed by atoms with Gasteiger partial charge in [-0.25, -0.2) is 0 Å². The van der Waals surface area contributed by atoms with Crippen LogP contribution in [0.4, 0.5) is 11.4 Å². The molecule has 1 aliphatic heterocycles. The van der Waals surface area contributed by atoms with Crippen LogP contribution < -0.4 is 4.90 Å². The first-order valence-electron chi connectivity index (χ1n) is 16.8. The zero-order chi connectivity index (χ0) is 31.3. The van der Waals surface area contributed by atoms with E-state index >= 15 is 0 Å². The first kappa shape index (κ1) is 27.7. The quantitative estimate of drug-likeness (QED) is 0.183. The number of fused-ring (bicyclic) bond motifs is 7. The Bertz CT molecular complexity index is 2290. The number of aromatic nitrogens is 1. The Kier molecular flexibility index (Phi) is 6.67. The summed E-state index contributed by atoms with van der Waals surface area (Å²) in [5, 5.41) is 1.32. The maximum absolute atomic E-state index is 2.58. The van der Waals surface area contributed by atoms with Gasteiger partial charge in [-0.2, -0.15) is 0 Å². The van der Waals surface area contributed by atoms with Crippen LogP contribution >= 0.6 is 0 Å². The molecule has 9 rings (SSSR count). The number of aryl methyl sites for hydroxylation is 1. The number of benzene rings is 6. The van der Waals surface area contributed by atoms with Gasteiger partial charge in [0.1, 0.15) is 0 Å². The fraction of sp³-hybridized carbons (Fsp3) is 0.111. The van der Waals surface area contributed by atoms with Gasteiger partial charge >= 0.3 is 0 Å². The molecule has 2 atom stereocenters. The summed E-state index contributed by atoms with van der Waals surface area (Å²) in [6.07, 6.45) is 7.08. The monoisotopic (exact) mass is 604 g/mol. The van der Waals surface area contributed by atoms with Crippen LogP contribution in [0.5, 0.6) is 0 Å². The Balaban J connectivity index is 1.26. The SMILES string of the molecule is CCCc1cccc(-c2ccccc2-n2c3c(c4ccccc42)C2c4ccccc4N(c4ccccc4-c4ccccc4)C2C=C3)c1. The van der Waals surface area contributed by atoms with E-state index in [0.717, 1.165) is 12.8 Å². The van der Waals surface area contributed by atoms with Gasteiger partial charge in [0.05, 0.1) is 22.9 Å². The second-order valence-electron chi connectivity index (χ2n) is 12.8. The molecule has 0 fully saturated rings. The van der Waals surface area contributed by atoms with Crippen molar-refractivity contribution in [2.45, 2.75) is 31.7 Å². The van der Waals surface area contributed by atoms with E-state index in [4.69, 9.17) is 0 Å². The van der Waals surface area contributed by atoms with Crippen molar-refractivity contribution >= 4 is 28.4 Å². The highest BCUT2D eigenvalue weighted by atomic mass is 15.2. The summed E-state index contributed by atoms with van der Waals surface area (Å²) in [6.45, 7) is 2.25. The van der Waals surface area contributed by atoms with E-state index in [1.54, 1.807) is 0 Å². The van der Waals surface area contributed by atoms with E-state index in [0.29, 0.717) is 0 Å². The van der Waals surface area contributed by atoms with Crippen molar-refractivity contribution in [2.24, 2.45) is 0 Å². The van der Waals surface area contributed by atoms with E-state index in [-0.39, 0.29) is 12.0 Å². The Morgan fingerprint density at radius 2 is 1.23 bits per heavy atom. The standard InChI is InChI=1S/C45H36N2/c1-2-15-31-16-14-19-33(30-31)35-21-7-11-25-39(35)47-41-27-13-9-23-37(41)45-43(47)29-28-42-44(45)36-22-8-12-26-40(36)46(42)38-24-10-6-20-34(38)32-17-4-3-5-18-32/h3-14,16-30,42,44H,2,15H2,1H3. The number of nitrogens with zero attached hydrogens (tertiary/aromatic N) is 2. The summed E-state index contributed by atoms with van der Waals surface area (Å²) in [5.41, 5.74) is 15.5. The van der Waals surface area contributed by atoms with Crippen molar-refractivity contribution in [1.29, 1.82) is 0 Å². The topological polar surface area (TPSA) is 8.17 Å². The molecule has 47 heavy (non-hydrogen) atoms. The molecule has 1 aromatic heterocycles. The molecule has 226 valence electrons. The lowest BCUT2D eigenvalue weighted by Gasteiger charge is -2.32. The summed E-state index contributed by atoms with van der Waals surface area (Å²) < 4.78 is 2.52. The van der Waals surface area contributed by atoms with Crippen LogP contribution in [0.15, 0.2) is 158 Å². The van der Waals surface area contributed by atoms with Gasteiger partial charge in [-0.3, -0.25) is 0 Å². The Labute approximate surface area is 276 Å². The fourth-order valence-corrected chi connectivity index (χ4v) is 8.14.